The Morgan fingerprint density at radius 1 is 1.36 bits per heavy atom. The lowest BCUT2D eigenvalue weighted by atomic mass is 9.94. The molecule has 0 aromatic heterocycles. The van der Waals surface area contributed by atoms with E-state index >= 15 is 0 Å². The highest BCUT2D eigenvalue weighted by molar-refractivity contribution is 6.01. The molecule has 2 fully saturated rings. The van der Waals surface area contributed by atoms with Gasteiger partial charge in [-0.3, -0.25) is 9.59 Å². The number of benzene rings is 1. The van der Waals surface area contributed by atoms with Crippen molar-refractivity contribution in [3.05, 3.63) is 24.3 Å². The number of methoxy groups -OCH3 is 1. The van der Waals surface area contributed by atoms with Crippen LogP contribution >= 0.6 is 12.4 Å². The maximum atomic E-state index is 12.6. The summed E-state index contributed by atoms with van der Waals surface area (Å²) in [5, 5.41) is 6.47. The first-order valence-corrected chi connectivity index (χ1v) is 8.54. The highest BCUT2D eigenvalue weighted by Gasteiger charge is 2.37. The van der Waals surface area contributed by atoms with Gasteiger partial charge in [0.1, 0.15) is 5.75 Å². The van der Waals surface area contributed by atoms with Gasteiger partial charge in [-0.2, -0.15) is 0 Å². The van der Waals surface area contributed by atoms with Crippen molar-refractivity contribution in [2.24, 2.45) is 11.8 Å². The Balaban J connectivity index is 0.00000225. The fraction of sp³-hybridized carbons (Fsp3) is 0.556. The van der Waals surface area contributed by atoms with E-state index in [0.29, 0.717) is 18.2 Å². The molecule has 25 heavy (non-hydrogen) atoms. The number of nitrogens with one attached hydrogen (secondary N) is 2. The predicted octanol–water partition coefficient (Wildman–Crippen LogP) is 1.58. The van der Waals surface area contributed by atoms with E-state index in [9.17, 15) is 9.59 Å². The minimum atomic E-state index is -0.301. The second kappa shape index (κ2) is 8.54. The number of hydrogen-bond acceptors (Lipinski definition) is 4. The molecule has 3 rings (SSSR count). The minimum absolute atomic E-state index is 0. The van der Waals surface area contributed by atoms with E-state index in [1.54, 1.807) is 12.0 Å². The monoisotopic (exact) mass is 367 g/mol. The van der Waals surface area contributed by atoms with Gasteiger partial charge in [0.05, 0.1) is 18.7 Å². The van der Waals surface area contributed by atoms with Crippen LogP contribution in [-0.2, 0) is 9.59 Å². The van der Waals surface area contributed by atoms with Gasteiger partial charge in [0.2, 0.25) is 11.8 Å². The number of halogens is 1. The number of amides is 2. The maximum Gasteiger partial charge on any atom is 0.227 e. The number of nitrogens with zero attached hydrogens (tertiary/aromatic N) is 1. The van der Waals surface area contributed by atoms with Crippen LogP contribution in [0.3, 0.4) is 0 Å². The molecule has 2 saturated heterocycles. The molecule has 138 valence electrons. The Labute approximate surface area is 154 Å². The fourth-order valence-electron chi connectivity index (χ4n) is 3.50. The van der Waals surface area contributed by atoms with Gasteiger partial charge >= 0.3 is 0 Å². The quantitative estimate of drug-likeness (QED) is 0.847. The van der Waals surface area contributed by atoms with E-state index in [2.05, 4.69) is 17.6 Å². The lowest BCUT2D eigenvalue weighted by Gasteiger charge is -2.31. The Bertz CT molecular complexity index is 625. The number of carbonyl (C=O) groups is 2. The first kappa shape index (κ1) is 19.5. The van der Waals surface area contributed by atoms with Crippen molar-refractivity contribution in [2.75, 3.05) is 31.6 Å². The first-order chi connectivity index (χ1) is 11.6. The molecule has 2 N–H and O–H groups in total. The van der Waals surface area contributed by atoms with Gasteiger partial charge < -0.3 is 20.3 Å². The average molecular weight is 368 g/mol. The van der Waals surface area contributed by atoms with E-state index in [4.69, 9.17) is 4.74 Å². The van der Waals surface area contributed by atoms with Crippen molar-refractivity contribution in [1.29, 1.82) is 0 Å². The zero-order chi connectivity index (χ0) is 17.1. The van der Waals surface area contributed by atoms with Gasteiger partial charge in [-0.05, 0) is 37.6 Å². The number of carbonyl (C=O) groups excluding carboxylic acids is 2. The Hall–Kier alpha value is -1.79. The molecule has 3 unspecified atom stereocenters. The maximum absolute atomic E-state index is 12.6. The summed E-state index contributed by atoms with van der Waals surface area (Å²) >= 11 is 0. The van der Waals surface area contributed by atoms with Crippen LogP contribution in [0.25, 0.3) is 0 Å². The summed E-state index contributed by atoms with van der Waals surface area (Å²) in [5.41, 5.74) is 0.732. The van der Waals surface area contributed by atoms with Crippen molar-refractivity contribution in [3.8, 4) is 5.75 Å². The number of para-hydroxylation sites is 2. The molecule has 0 saturated carbocycles. The van der Waals surface area contributed by atoms with Crippen molar-refractivity contribution < 1.29 is 14.3 Å². The van der Waals surface area contributed by atoms with Crippen LogP contribution in [-0.4, -0.2) is 44.6 Å². The summed E-state index contributed by atoms with van der Waals surface area (Å²) < 4.78 is 5.34. The summed E-state index contributed by atoms with van der Waals surface area (Å²) in [6, 6.07) is 7.61. The first-order valence-electron chi connectivity index (χ1n) is 8.54. The normalized spacial score (nSPS) is 26.1. The molecule has 7 heteroatoms. The largest absolute Gasteiger partial charge is 0.495 e. The molecule has 3 atom stereocenters. The second-order valence-electron chi connectivity index (χ2n) is 6.66. The number of piperidine rings is 1. The van der Waals surface area contributed by atoms with Gasteiger partial charge in [0.15, 0.2) is 0 Å². The average Bonchev–Trinajstić information content (AvgIpc) is 2.98. The van der Waals surface area contributed by atoms with Gasteiger partial charge in [-0.25, -0.2) is 0 Å². The van der Waals surface area contributed by atoms with Crippen LogP contribution in [0, 0.1) is 11.8 Å². The summed E-state index contributed by atoms with van der Waals surface area (Å²) in [4.78, 5) is 26.7. The molecule has 6 nitrogen and oxygen atoms in total. The van der Waals surface area contributed by atoms with Crippen LogP contribution in [0.15, 0.2) is 24.3 Å². The summed E-state index contributed by atoms with van der Waals surface area (Å²) in [7, 11) is 1.59. The third-order valence-corrected chi connectivity index (χ3v) is 4.98. The van der Waals surface area contributed by atoms with E-state index < -0.39 is 0 Å². The van der Waals surface area contributed by atoms with Crippen molar-refractivity contribution in [2.45, 2.75) is 25.8 Å². The molecule has 2 amide bonds. The SMILES string of the molecule is COc1ccccc1N1CC(C(=O)NC2CCNCC2C)CC1=O.Cl. The fourth-order valence-corrected chi connectivity index (χ4v) is 3.50. The van der Waals surface area contributed by atoms with Crippen molar-refractivity contribution >= 4 is 29.9 Å². The molecule has 0 spiro atoms. The Morgan fingerprint density at radius 3 is 2.84 bits per heavy atom. The zero-order valence-electron chi connectivity index (χ0n) is 14.7. The van der Waals surface area contributed by atoms with E-state index in [1.807, 2.05) is 24.3 Å². The van der Waals surface area contributed by atoms with Crippen LogP contribution in [0.5, 0.6) is 5.75 Å². The Kier molecular flexibility index (Phi) is 6.67. The van der Waals surface area contributed by atoms with E-state index in [0.717, 1.165) is 25.2 Å². The number of rotatable bonds is 4. The minimum Gasteiger partial charge on any atom is -0.495 e. The smallest absolute Gasteiger partial charge is 0.227 e. The lowest BCUT2D eigenvalue weighted by molar-refractivity contribution is -0.127. The van der Waals surface area contributed by atoms with Gasteiger partial charge in [-0.15, -0.1) is 12.4 Å². The summed E-state index contributed by atoms with van der Waals surface area (Å²) in [6.07, 6.45) is 1.19. The number of ether oxygens (including phenoxy) is 1. The molecule has 0 aliphatic carbocycles. The van der Waals surface area contributed by atoms with Gasteiger partial charge in [0, 0.05) is 19.0 Å². The highest BCUT2D eigenvalue weighted by atomic mass is 35.5. The zero-order valence-corrected chi connectivity index (χ0v) is 15.5. The summed E-state index contributed by atoms with van der Waals surface area (Å²) in [6.45, 7) is 4.39. The third-order valence-electron chi connectivity index (χ3n) is 4.98. The van der Waals surface area contributed by atoms with Crippen LogP contribution in [0.2, 0.25) is 0 Å². The predicted molar refractivity (Wildman–Crippen MR) is 99.3 cm³/mol. The number of anilines is 1. The van der Waals surface area contributed by atoms with Crippen LogP contribution < -0.4 is 20.3 Å². The molecular formula is C18H26ClN3O3. The lowest BCUT2D eigenvalue weighted by Crippen LogP contribution is -2.50. The van der Waals surface area contributed by atoms with E-state index in [-0.39, 0.29) is 42.6 Å². The molecule has 0 bridgehead atoms. The molecule has 2 aliphatic rings. The molecule has 2 aliphatic heterocycles. The standard InChI is InChI=1S/C18H25N3O3.ClH/c1-12-10-19-8-7-14(12)20-18(23)13-9-17(22)21(11-13)15-5-3-4-6-16(15)24-2;/h3-6,12-14,19H,7-11H2,1-2H3,(H,20,23);1H. The molecule has 0 radical (unpaired) electrons. The topological polar surface area (TPSA) is 70.7 Å². The highest BCUT2D eigenvalue weighted by Crippen LogP contribution is 2.32. The van der Waals surface area contributed by atoms with Crippen LogP contribution in [0.1, 0.15) is 19.8 Å². The van der Waals surface area contributed by atoms with Gasteiger partial charge in [-0.1, -0.05) is 19.1 Å². The van der Waals surface area contributed by atoms with Crippen molar-refractivity contribution in [3.63, 3.8) is 0 Å². The Morgan fingerprint density at radius 2 is 2.12 bits per heavy atom. The third kappa shape index (κ3) is 4.25. The molecule has 2 heterocycles. The summed E-state index contributed by atoms with van der Waals surface area (Å²) in [5.74, 6) is 0.714. The van der Waals surface area contributed by atoms with Crippen molar-refractivity contribution in [1.82, 2.24) is 10.6 Å². The second-order valence-corrected chi connectivity index (χ2v) is 6.66. The van der Waals surface area contributed by atoms with Crippen LogP contribution in [0.4, 0.5) is 5.69 Å². The molecular weight excluding hydrogens is 342 g/mol. The molecule has 1 aromatic rings. The van der Waals surface area contributed by atoms with Gasteiger partial charge in [0.25, 0.3) is 0 Å². The van der Waals surface area contributed by atoms with E-state index in [1.165, 1.54) is 0 Å². The molecule has 1 aromatic carbocycles. The number of hydrogen-bond donors (Lipinski definition) is 2.